The van der Waals surface area contributed by atoms with Gasteiger partial charge in [0, 0.05) is 6.42 Å². The Morgan fingerprint density at radius 1 is 0.453 bits per heavy atom. The molecule has 0 heterocycles. The van der Waals surface area contributed by atoms with Gasteiger partial charge in [-0.3, -0.25) is 9.59 Å². The maximum atomic E-state index is 13.2. The second-order valence-corrected chi connectivity index (χ2v) is 19.7. The summed E-state index contributed by atoms with van der Waals surface area (Å²) in [6.07, 6.45) is 61.0. The largest absolute Gasteiger partial charge is 0.462 e. The van der Waals surface area contributed by atoms with Crippen molar-refractivity contribution >= 4 is 11.9 Å². The van der Waals surface area contributed by atoms with E-state index in [9.17, 15) is 19.8 Å². The number of hydrogen-bond acceptors (Lipinski definition) is 5. The summed E-state index contributed by atoms with van der Waals surface area (Å²) < 4.78 is 5.94. The molecule has 0 rings (SSSR count). The average molecular weight is 903 g/mol. The quantitative estimate of drug-likeness (QED) is 0.0321. The third-order valence-electron chi connectivity index (χ3n) is 13.3. The fourth-order valence-corrected chi connectivity index (χ4v) is 8.95. The zero-order valence-electron chi connectivity index (χ0n) is 43.2. The summed E-state index contributed by atoms with van der Waals surface area (Å²) in [6.45, 7) is 6.51. The lowest BCUT2D eigenvalue weighted by molar-refractivity contribution is -0.151. The fraction of sp³-hybridized carbons (Fsp3) is 0.897. The molecule has 3 N–H and O–H groups in total. The normalized spacial score (nSPS) is 13.3. The summed E-state index contributed by atoms with van der Waals surface area (Å²) >= 11 is 0. The number of amides is 1. The van der Waals surface area contributed by atoms with Crippen LogP contribution >= 0.6 is 0 Å². The number of ether oxygens (including phenoxy) is 1. The van der Waals surface area contributed by atoms with Crippen LogP contribution in [0.2, 0.25) is 0 Å². The van der Waals surface area contributed by atoms with Gasteiger partial charge in [0.15, 0.2) is 0 Å². The molecule has 3 unspecified atom stereocenters. The number of nitrogens with one attached hydrogen (secondary N) is 1. The molecular formula is C58H111NO5. The Morgan fingerprint density at radius 2 is 0.781 bits per heavy atom. The van der Waals surface area contributed by atoms with Gasteiger partial charge in [0.2, 0.25) is 5.91 Å². The van der Waals surface area contributed by atoms with Crippen molar-refractivity contribution in [2.24, 2.45) is 0 Å². The first-order valence-corrected chi connectivity index (χ1v) is 28.6. The number of carbonyl (C=O) groups excluding carboxylic acids is 2. The van der Waals surface area contributed by atoms with Crippen LogP contribution in [0.5, 0.6) is 0 Å². The Bertz CT molecular complexity index is 1010. The molecule has 0 aromatic heterocycles. The van der Waals surface area contributed by atoms with E-state index in [4.69, 9.17) is 4.74 Å². The molecule has 0 saturated heterocycles. The molecule has 3 atom stereocenters. The Hall–Kier alpha value is -1.66. The second kappa shape index (κ2) is 52.3. The van der Waals surface area contributed by atoms with Crippen LogP contribution in [-0.4, -0.2) is 46.9 Å². The topological polar surface area (TPSA) is 95.9 Å². The summed E-state index contributed by atoms with van der Waals surface area (Å²) in [7, 11) is 0. The number of rotatable bonds is 52. The van der Waals surface area contributed by atoms with E-state index in [0.29, 0.717) is 19.3 Å². The molecule has 0 radical (unpaired) electrons. The molecule has 0 spiro atoms. The molecule has 0 aliphatic heterocycles. The summed E-state index contributed by atoms with van der Waals surface area (Å²) in [5, 5.41) is 23.9. The Morgan fingerprint density at radius 3 is 1.17 bits per heavy atom. The van der Waals surface area contributed by atoms with Crippen LogP contribution in [0.25, 0.3) is 0 Å². The minimum Gasteiger partial charge on any atom is -0.462 e. The number of aliphatic hydroxyl groups is 2. The molecule has 0 bridgehead atoms. The average Bonchev–Trinajstić information content (AvgIpc) is 3.29. The van der Waals surface area contributed by atoms with E-state index in [0.717, 1.165) is 64.2 Å². The van der Waals surface area contributed by atoms with Crippen molar-refractivity contribution in [2.45, 2.75) is 328 Å². The number of hydrogen-bond donors (Lipinski definition) is 3. The number of esters is 1. The lowest BCUT2D eigenvalue weighted by Crippen LogP contribution is -2.46. The Balaban J connectivity index is 4.55. The van der Waals surface area contributed by atoms with Gasteiger partial charge in [-0.1, -0.05) is 270 Å². The van der Waals surface area contributed by atoms with Gasteiger partial charge in [-0.2, -0.15) is 0 Å². The molecule has 0 aromatic carbocycles. The zero-order chi connectivity index (χ0) is 46.7. The van der Waals surface area contributed by atoms with Crippen molar-refractivity contribution < 1.29 is 24.5 Å². The van der Waals surface area contributed by atoms with Gasteiger partial charge >= 0.3 is 5.97 Å². The summed E-state index contributed by atoms with van der Waals surface area (Å²) in [4.78, 5) is 26.2. The van der Waals surface area contributed by atoms with Gasteiger partial charge < -0.3 is 20.3 Å². The first-order valence-electron chi connectivity index (χ1n) is 28.6. The van der Waals surface area contributed by atoms with E-state index < -0.39 is 18.2 Å². The predicted molar refractivity (Wildman–Crippen MR) is 278 cm³/mol. The second-order valence-electron chi connectivity index (χ2n) is 19.7. The third-order valence-corrected chi connectivity index (χ3v) is 13.3. The van der Waals surface area contributed by atoms with E-state index in [1.807, 2.05) is 0 Å². The third kappa shape index (κ3) is 46.9. The molecule has 0 aliphatic carbocycles. The van der Waals surface area contributed by atoms with E-state index in [1.165, 1.54) is 199 Å². The zero-order valence-corrected chi connectivity index (χ0v) is 43.2. The molecule has 64 heavy (non-hydrogen) atoms. The molecule has 0 fully saturated rings. The van der Waals surface area contributed by atoms with Crippen LogP contribution in [0.4, 0.5) is 0 Å². The van der Waals surface area contributed by atoms with E-state index in [1.54, 1.807) is 0 Å². The number of allylic oxidation sites excluding steroid dienone is 4. The van der Waals surface area contributed by atoms with Gasteiger partial charge in [0.1, 0.15) is 6.10 Å². The Kier molecular flexibility index (Phi) is 51.0. The molecule has 6 heteroatoms. The lowest BCUT2D eigenvalue weighted by atomic mass is 10.0. The first-order chi connectivity index (χ1) is 31.5. The highest BCUT2D eigenvalue weighted by atomic mass is 16.5. The van der Waals surface area contributed by atoms with Gasteiger partial charge in [-0.25, -0.2) is 0 Å². The van der Waals surface area contributed by atoms with E-state index >= 15 is 0 Å². The minimum atomic E-state index is -0.791. The van der Waals surface area contributed by atoms with Crippen LogP contribution in [0.1, 0.15) is 310 Å². The van der Waals surface area contributed by atoms with Crippen LogP contribution in [0.15, 0.2) is 24.3 Å². The maximum Gasteiger partial charge on any atom is 0.306 e. The van der Waals surface area contributed by atoms with Crippen molar-refractivity contribution in [2.75, 3.05) is 6.61 Å². The monoisotopic (exact) mass is 902 g/mol. The first kappa shape index (κ1) is 62.3. The van der Waals surface area contributed by atoms with Gasteiger partial charge in [0.25, 0.3) is 0 Å². The van der Waals surface area contributed by atoms with Crippen LogP contribution in [-0.2, 0) is 14.3 Å². The standard InChI is InChI=1S/C58H111NO5/c1-4-7-10-13-16-19-22-25-27-29-32-34-37-40-43-46-49-54(64-58(63)51-48-45-42-39-36-31-24-21-18-15-12-9-6-3)52-57(62)59-55(53-60)56(61)50-47-44-41-38-35-33-30-28-26-23-20-17-14-11-8-5-2/h27,29,32,34,54-56,60-61H,4-26,28,30-31,33,35-53H2,1-3H3,(H,59,62)/b29-27+,34-32+. The van der Waals surface area contributed by atoms with Gasteiger partial charge in [-0.15, -0.1) is 0 Å². The number of aliphatic hydroxyl groups excluding tert-OH is 2. The molecule has 0 saturated carbocycles. The summed E-state index contributed by atoms with van der Waals surface area (Å²) in [5.41, 5.74) is 0. The SMILES string of the molecule is CCCCCCCCC/C=C/C=C/CCCCCC(CC(=O)NC(CO)C(O)CCCCCCCCCCCCCCCCCC)OC(=O)CCCCCCCCCCCCCCC. The molecule has 1 amide bonds. The van der Waals surface area contributed by atoms with Crippen molar-refractivity contribution in [3.63, 3.8) is 0 Å². The lowest BCUT2D eigenvalue weighted by Gasteiger charge is -2.24. The van der Waals surface area contributed by atoms with E-state index in [2.05, 4.69) is 50.4 Å². The molecule has 378 valence electrons. The summed E-state index contributed by atoms with van der Waals surface area (Å²) in [6, 6.07) is -0.706. The molecule has 0 aromatic rings. The van der Waals surface area contributed by atoms with Gasteiger partial charge in [-0.05, 0) is 51.4 Å². The molecule has 6 nitrogen and oxygen atoms in total. The maximum absolute atomic E-state index is 13.2. The van der Waals surface area contributed by atoms with Crippen molar-refractivity contribution in [1.29, 1.82) is 0 Å². The number of unbranched alkanes of at least 4 members (excludes halogenated alkanes) is 37. The predicted octanol–water partition coefficient (Wildman–Crippen LogP) is 17.5. The van der Waals surface area contributed by atoms with Crippen molar-refractivity contribution in [3.8, 4) is 0 Å². The van der Waals surface area contributed by atoms with Crippen molar-refractivity contribution in [3.05, 3.63) is 24.3 Å². The highest BCUT2D eigenvalue weighted by Crippen LogP contribution is 2.18. The highest BCUT2D eigenvalue weighted by Gasteiger charge is 2.24. The van der Waals surface area contributed by atoms with Crippen LogP contribution in [0.3, 0.4) is 0 Å². The Labute approximate surface area is 399 Å². The fourth-order valence-electron chi connectivity index (χ4n) is 8.95. The molecule has 0 aliphatic rings. The minimum absolute atomic E-state index is 0.0655. The van der Waals surface area contributed by atoms with Crippen LogP contribution in [0, 0.1) is 0 Å². The smallest absolute Gasteiger partial charge is 0.306 e. The summed E-state index contributed by atoms with van der Waals surface area (Å²) in [5.74, 6) is -0.482. The number of carbonyl (C=O) groups is 2. The van der Waals surface area contributed by atoms with Crippen LogP contribution < -0.4 is 5.32 Å². The van der Waals surface area contributed by atoms with E-state index in [-0.39, 0.29) is 24.9 Å². The van der Waals surface area contributed by atoms with Crippen molar-refractivity contribution in [1.82, 2.24) is 5.32 Å². The molecular weight excluding hydrogens is 791 g/mol. The van der Waals surface area contributed by atoms with Gasteiger partial charge in [0.05, 0.1) is 25.2 Å². The highest BCUT2D eigenvalue weighted by molar-refractivity contribution is 5.77.